The van der Waals surface area contributed by atoms with Gasteiger partial charge in [0.2, 0.25) is 0 Å². The van der Waals surface area contributed by atoms with Crippen LogP contribution in [0.15, 0.2) is 36.7 Å². The highest BCUT2D eigenvalue weighted by atomic mass is 15.3. The Morgan fingerprint density at radius 2 is 1.95 bits per heavy atom. The molecule has 0 spiro atoms. The second-order valence-electron chi connectivity index (χ2n) is 6.07. The van der Waals surface area contributed by atoms with E-state index >= 15 is 0 Å². The lowest BCUT2D eigenvalue weighted by atomic mass is 9.79. The molecule has 0 saturated heterocycles. The Morgan fingerprint density at radius 1 is 1.25 bits per heavy atom. The van der Waals surface area contributed by atoms with Gasteiger partial charge in [-0.25, -0.2) is 4.98 Å². The Labute approximate surface area is 121 Å². The maximum Gasteiger partial charge on any atom is 0.164 e. The molecule has 0 saturated carbocycles. The third-order valence-electron chi connectivity index (χ3n) is 3.63. The Bertz CT molecular complexity index is 530. The maximum absolute atomic E-state index is 4.28. The molecule has 2 rings (SSSR count). The summed E-state index contributed by atoms with van der Waals surface area (Å²) in [5.41, 5.74) is 1.54. The molecule has 4 heteroatoms. The van der Waals surface area contributed by atoms with Crippen LogP contribution in [-0.2, 0) is 19.0 Å². The first-order chi connectivity index (χ1) is 9.47. The molecule has 0 radical (unpaired) electrons. The predicted octanol–water partition coefficient (Wildman–Crippen LogP) is 2.66. The van der Waals surface area contributed by atoms with Crippen LogP contribution in [0.2, 0.25) is 0 Å². The van der Waals surface area contributed by atoms with Gasteiger partial charge in [0, 0.05) is 13.1 Å². The van der Waals surface area contributed by atoms with Gasteiger partial charge >= 0.3 is 0 Å². The van der Waals surface area contributed by atoms with Crippen molar-refractivity contribution < 1.29 is 0 Å². The fourth-order valence-corrected chi connectivity index (χ4v) is 2.58. The molecular formula is C16H24N4. The molecule has 0 aliphatic carbocycles. The number of aromatic nitrogens is 3. The van der Waals surface area contributed by atoms with E-state index in [1.165, 1.54) is 5.56 Å². The van der Waals surface area contributed by atoms with E-state index in [1.807, 2.05) is 7.05 Å². The van der Waals surface area contributed by atoms with Crippen LogP contribution in [-0.4, -0.2) is 20.8 Å². The monoisotopic (exact) mass is 272 g/mol. The molecule has 2 aromatic rings. The zero-order valence-electron chi connectivity index (χ0n) is 12.8. The molecule has 0 bridgehead atoms. The standard InChI is InChI=1S/C16H24N4/c1-13(17-11-15-18-12-20(4)19-15)10-16(2,3)14-8-6-5-7-9-14/h5-9,12-13,17H,10-11H2,1-4H3. The van der Waals surface area contributed by atoms with Gasteiger partial charge in [0.25, 0.3) is 0 Å². The van der Waals surface area contributed by atoms with Crippen LogP contribution < -0.4 is 5.32 Å². The van der Waals surface area contributed by atoms with Crippen molar-refractivity contribution in [3.05, 3.63) is 48.0 Å². The molecule has 1 aromatic carbocycles. The minimum atomic E-state index is 0.158. The SMILES string of the molecule is CC(CC(C)(C)c1ccccc1)NCc1ncn(C)n1. The molecule has 20 heavy (non-hydrogen) atoms. The first-order valence-corrected chi connectivity index (χ1v) is 7.11. The van der Waals surface area contributed by atoms with Crippen LogP contribution in [0.25, 0.3) is 0 Å². The van der Waals surface area contributed by atoms with Crippen molar-refractivity contribution >= 4 is 0 Å². The molecule has 1 N–H and O–H groups in total. The van der Waals surface area contributed by atoms with Crippen molar-refractivity contribution in [2.75, 3.05) is 0 Å². The maximum atomic E-state index is 4.28. The highest BCUT2D eigenvalue weighted by Crippen LogP contribution is 2.28. The smallest absolute Gasteiger partial charge is 0.164 e. The molecule has 0 amide bonds. The molecule has 4 nitrogen and oxygen atoms in total. The number of hydrogen-bond donors (Lipinski definition) is 1. The van der Waals surface area contributed by atoms with Crippen molar-refractivity contribution in [3.8, 4) is 0 Å². The fourth-order valence-electron chi connectivity index (χ4n) is 2.58. The number of hydrogen-bond acceptors (Lipinski definition) is 3. The lowest BCUT2D eigenvalue weighted by molar-refractivity contribution is 0.385. The van der Waals surface area contributed by atoms with Crippen LogP contribution in [0.3, 0.4) is 0 Å². The van der Waals surface area contributed by atoms with E-state index in [4.69, 9.17) is 0 Å². The molecule has 1 aromatic heterocycles. The molecule has 1 heterocycles. The van der Waals surface area contributed by atoms with Gasteiger partial charge < -0.3 is 5.32 Å². The number of nitrogens with zero attached hydrogens (tertiary/aromatic N) is 3. The quantitative estimate of drug-likeness (QED) is 0.879. The van der Waals surface area contributed by atoms with Gasteiger partial charge in [-0.3, -0.25) is 4.68 Å². The topological polar surface area (TPSA) is 42.7 Å². The van der Waals surface area contributed by atoms with E-state index in [0.29, 0.717) is 12.6 Å². The second-order valence-corrected chi connectivity index (χ2v) is 6.07. The van der Waals surface area contributed by atoms with Gasteiger partial charge in [0.15, 0.2) is 5.82 Å². The van der Waals surface area contributed by atoms with Crippen molar-refractivity contribution in [2.45, 2.75) is 45.2 Å². The summed E-state index contributed by atoms with van der Waals surface area (Å²) >= 11 is 0. The van der Waals surface area contributed by atoms with Crippen LogP contribution in [0, 0.1) is 0 Å². The predicted molar refractivity (Wildman–Crippen MR) is 81.4 cm³/mol. The minimum absolute atomic E-state index is 0.158. The number of rotatable bonds is 6. The molecule has 1 unspecified atom stereocenters. The second kappa shape index (κ2) is 6.18. The number of aryl methyl sites for hydroxylation is 1. The summed E-state index contributed by atoms with van der Waals surface area (Å²) in [7, 11) is 1.89. The normalized spacial score (nSPS) is 13.4. The van der Waals surface area contributed by atoms with Crippen LogP contribution in [0.5, 0.6) is 0 Å². The molecule has 0 fully saturated rings. The highest BCUT2D eigenvalue weighted by molar-refractivity contribution is 5.23. The number of nitrogens with one attached hydrogen (secondary N) is 1. The fraction of sp³-hybridized carbons (Fsp3) is 0.500. The lowest BCUT2D eigenvalue weighted by Gasteiger charge is -2.29. The first-order valence-electron chi connectivity index (χ1n) is 7.11. The number of benzene rings is 1. The Morgan fingerprint density at radius 3 is 2.55 bits per heavy atom. The lowest BCUT2D eigenvalue weighted by Crippen LogP contribution is -2.33. The van der Waals surface area contributed by atoms with E-state index in [-0.39, 0.29) is 5.41 Å². The summed E-state index contributed by atoms with van der Waals surface area (Å²) < 4.78 is 1.73. The van der Waals surface area contributed by atoms with Gasteiger partial charge in [0.1, 0.15) is 6.33 Å². The third-order valence-corrected chi connectivity index (χ3v) is 3.63. The van der Waals surface area contributed by atoms with Gasteiger partial charge in [-0.05, 0) is 24.3 Å². The van der Waals surface area contributed by atoms with Crippen molar-refractivity contribution in [2.24, 2.45) is 7.05 Å². The van der Waals surface area contributed by atoms with Gasteiger partial charge in [0.05, 0.1) is 6.54 Å². The Balaban J connectivity index is 1.89. The zero-order valence-corrected chi connectivity index (χ0v) is 12.8. The van der Waals surface area contributed by atoms with Crippen LogP contribution in [0.1, 0.15) is 38.6 Å². The first kappa shape index (κ1) is 14.7. The van der Waals surface area contributed by atoms with E-state index in [9.17, 15) is 0 Å². The summed E-state index contributed by atoms with van der Waals surface area (Å²) in [5.74, 6) is 0.844. The molecule has 1 atom stereocenters. The summed E-state index contributed by atoms with van der Waals surface area (Å²) in [6.45, 7) is 7.51. The summed E-state index contributed by atoms with van der Waals surface area (Å²) in [5, 5.41) is 7.78. The van der Waals surface area contributed by atoms with E-state index in [1.54, 1.807) is 11.0 Å². The molecule has 0 aliphatic rings. The largest absolute Gasteiger partial charge is 0.307 e. The Kier molecular flexibility index (Phi) is 4.55. The highest BCUT2D eigenvalue weighted by Gasteiger charge is 2.23. The van der Waals surface area contributed by atoms with Crippen molar-refractivity contribution in [1.29, 1.82) is 0 Å². The van der Waals surface area contributed by atoms with E-state index < -0.39 is 0 Å². The Hall–Kier alpha value is -1.68. The zero-order chi connectivity index (χ0) is 14.6. The van der Waals surface area contributed by atoms with Crippen molar-refractivity contribution in [3.63, 3.8) is 0 Å². The van der Waals surface area contributed by atoms with Crippen molar-refractivity contribution in [1.82, 2.24) is 20.1 Å². The molecule has 108 valence electrons. The summed E-state index contributed by atoms with van der Waals surface area (Å²) in [6.07, 6.45) is 2.80. The molecule has 0 aliphatic heterocycles. The average Bonchev–Trinajstić information content (AvgIpc) is 2.83. The summed E-state index contributed by atoms with van der Waals surface area (Å²) in [6, 6.07) is 11.1. The summed E-state index contributed by atoms with van der Waals surface area (Å²) in [4.78, 5) is 4.23. The van der Waals surface area contributed by atoms with Gasteiger partial charge in [-0.15, -0.1) is 0 Å². The van der Waals surface area contributed by atoms with Crippen LogP contribution in [0.4, 0.5) is 0 Å². The van der Waals surface area contributed by atoms with Gasteiger partial charge in [-0.2, -0.15) is 5.10 Å². The van der Waals surface area contributed by atoms with E-state index in [2.05, 4.69) is 66.5 Å². The van der Waals surface area contributed by atoms with E-state index in [0.717, 1.165) is 12.2 Å². The minimum Gasteiger partial charge on any atom is -0.307 e. The van der Waals surface area contributed by atoms with Crippen LogP contribution >= 0.6 is 0 Å². The third kappa shape index (κ3) is 3.90. The van der Waals surface area contributed by atoms with Gasteiger partial charge in [-0.1, -0.05) is 44.2 Å². The molecular weight excluding hydrogens is 248 g/mol. The average molecular weight is 272 g/mol.